The molecule has 23 heavy (non-hydrogen) atoms. The summed E-state index contributed by atoms with van der Waals surface area (Å²) in [4.78, 5) is 0. The summed E-state index contributed by atoms with van der Waals surface area (Å²) in [5.41, 5.74) is 4.46. The molecule has 0 spiro atoms. The maximum atomic E-state index is 6.86. The Bertz CT molecular complexity index is 957. The van der Waals surface area contributed by atoms with Gasteiger partial charge in [0.1, 0.15) is 0 Å². The minimum atomic E-state index is 0.807. The average Bonchev–Trinajstić information content (AvgIpc) is 2.63. The Hall–Kier alpha value is -2.57. The smallest absolute Gasteiger partial charge is 0.0569 e. The fourth-order valence-corrected chi connectivity index (χ4v) is 3.41. The van der Waals surface area contributed by atoms with Crippen molar-refractivity contribution in [1.29, 1.82) is 0 Å². The Morgan fingerprint density at radius 3 is 1.83 bits per heavy atom. The minimum absolute atomic E-state index is 0.807. The standard InChI is InChI=1S/C22H15Cl/c23-22-20(16-9-3-1-4-10-16)15-18-13-7-8-14-19(18)21(22)17-11-5-2-6-12-17/h1-15H. The van der Waals surface area contributed by atoms with E-state index in [1.807, 2.05) is 24.3 Å². The maximum Gasteiger partial charge on any atom is 0.0569 e. The average molecular weight is 315 g/mol. The quantitative estimate of drug-likeness (QED) is 0.380. The molecule has 110 valence electrons. The van der Waals surface area contributed by atoms with Crippen LogP contribution in [0.25, 0.3) is 33.0 Å². The van der Waals surface area contributed by atoms with E-state index < -0.39 is 0 Å². The van der Waals surface area contributed by atoms with Crippen molar-refractivity contribution in [3.8, 4) is 22.3 Å². The second-order valence-corrected chi connectivity index (χ2v) is 5.94. The highest BCUT2D eigenvalue weighted by Crippen LogP contribution is 2.41. The van der Waals surface area contributed by atoms with Gasteiger partial charge in [0.2, 0.25) is 0 Å². The zero-order valence-corrected chi connectivity index (χ0v) is 13.3. The summed E-state index contributed by atoms with van der Waals surface area (Å²) >= 11 is 6.86. The molecule has 0 saturated carbocycles. The number of benzene rings is 4. The first-order chi connectivity index (χ1) is 11.3. The minimum Gasteiger partial charge on any atom is -0.0830 e. The fraction of sp³-hybridized carbons (Fsp3) is 0. The van der Waals surface area contributed by atoms with Crippen LogP contribution in [0.4, 0.5) is 0 Å². The molecule has 0 aliphatic rings. The molecule has 0 saturated heterocycles. The second kappa shape index (κ2) is 5.91. The zero-order valence-electron chi connectivity index (χ0n) is 12.5. The molecule has 0 N–H and O–H groups in total. The van der Waals surface area contributed by atoms with Crippen LogP contribution in [0.2, 0.25) is 5.02 Å². The highest BCUT2D eigenvalue weighted by atomic mass is 35.5. The van der Waals surface area contributed by atoms with Gasteiger partial charge in [0.05, 0.1) is 5.02 Å². The van der Waals surface area contributed by atoms with Gasteiger partial charge in [0.15, 0.2) is 0 Å². The van der Waals surface area contributed by atoms with Crippen molar-refractivity contribution < 1.29 is 0 Å². The van der Waals surface area contributed by atoms with Crippen molar-refractivity contribution in [2.45, 2.75) is 0 Å². The normalized spacial score (nSPS) is 10.8. The van der Waals surface area contributed by atoms with E-state index in [4.69, 9.17) is 11.6 Å². The van der Waals surface area contributed by atoms with Gasteiger partial charge in [-0.05, 0) is 28.0 Å². The Kier molecular flexibility index (Phi) is 3.61. The van der Waals surface area contributed by atoms with Crippen LogP contribution in [0.5, 0.6) is 0 Å². The monoisotopic (exact) mass is 314 g/mol. The third-order valence-corrected chi connectivity index (χ3v) is 4.53. The Balaban J connectivity index is 2.10. The predicted octanol–water partition coefficient (Wildman–Crippen LogP) is 6.83. The van der Waals surface area contributed by atoms with E-state index >= 15 is 0 Å². The molecule has 0 aromatic heterocycles. The van der Waals surface area contributed by atoms with Crippen LogP contribution in [-0.4, -0.2) is 0 Å². The second-order valence-electron chi connectivity index (χ2n) is 5.57. The summed E-state index contributed by atoms with van der Waals surface area (Å²) in [5.74, 6) is 0. The third-order valence-electron chi connectivity index (χ3n) is 4.13. The van der Waals surface area contributed by atoms with E-state index in [9.17, 15) is 0 Å². The molecule has 0 aliphatic heterocycles. The van der Waals surface area contributed by atoms with Crippen LogP contribution >= 0.6 is 11.6 Å². The Morgan fingerprint density at radius 1 is 0.565 bits per heavy atom. The molecule has 0 unspecified atom stereocenters. The molecule has 4 aromatic carbocycles. The number of hydrogen-bond donors (Lipinski definition) is 0. The van der Waals surface area contributed by atoms with Crippen molar-refractivity contribution in [3.05, 3.63) is 96.0 Å². The van der Waals surface area contributed by atoms with Gasteiger partial charge in [-0.3, -0.25) is 0 Å². The maximum absolute atomic E-state index is 6.86. The molecule has 0 bridgehead atoms. The van der Waals surface area contributed by atoms with Crippen LogP contribution in [0.1, 0.15) is 0 Å². The molecular formula is C22H15Cl. The van der Waals surface area contributed by atoms with Gasteiger partial charge in [-0.25, -0.2) is 0 Å². The van der Waals surface area contributed by atoms with Crippen molar-refractivity contribution in [2.24, 2.45) is 0 Å². The van der Waals surface area contributed by atoms with Crippen LogP contribution < -0.4 is 0 Å². The Labute approximate surface area is 141 Å². The zero-order chi connectivity index (χ0) is 15.6. The van der Waals surface area contributed by atoms with Crippen molar-refractivity contribution in [3.63, 3.8) is 0 Å². The highest BCUT2D eigenvalue weighted by molar-refractivity contribution is 6.38. The lowest BCUT2D eigenvalue weighted by atomic mass is 9.93. The van der Waals surface area contributed by atoms with Gasteiger partial charge in [0.25, 0.3) is 0 Å². The van der Waals surface area contributed by atoms with E-state index in [1.165, 1.54) is 10.8 Å². The van der Waals surface area contributed by atoms with E-state index in [2.05, 4.69) is 66.7 Å². The first kappa shape index (κ1) is 14.0. The molecule has 0 atom stereocenters. The van der Waals surface area contributed by atoms with Crippen LogP contribution in [-0.2, 0) is 0 Å². The third kappa shape index (κ3) is 2.52. The summed E-state index contributed by atoms with van der Waals surface area (Å²) in [5, 5.41) is 3.19. The molecule has 4 aromatic rings. The number of hydrogen-bond acceptors (Lipinski definition) is 0. The summed E-state index contributed by atoms with van der Waals surface area (Å²) in [6.45, 7) is 0. The first-order valence-corrected chi connectivity index (χ1v) is 8.04. The van der Waals surface area contributed by atoms with Gasteiger partial charge in [-0.2, -0.15) is 0 Å². The number of halogens is 1. The van der Waals surface area contributed by atoms with Crippen molar-refractivity contribution in [2.75, 3.05) is 0 Å². The van der Waals surface area contributed by atoms with E-state index in [0.29, 0.717) is 0 Å². The lowest BCUT2D eigenvalue weighted by Gasteiger charge is -2.14. The first-order valence-electron chi connectivity index (χ1n) is 7.67. The Morgan fingerprint density at radius 2 is 1.13 bits per heavy atom. The van der Waals surface area contributed by atoms with Gasteiger partial charge in [0, 0.05) is 11.1 Å². The van der Waals surface area contributed by atoms with Crippen LogP contribution in [0, 0.1) is 0 Å². The van der Waals surface area contributed by atoms with E-state index in [-0.39, 0.29) is 0 Å². The summed E-state index contributed by atoms with van der Waals surface area (Å²) in [6, 6.07) is 31.3. The topological polar surface area (TPSA) is 0 Å². The molecule has 0 aliphatic carbocycles. The van der Waals surface area contributed by atoms with Crippen LogP contribution in [0.15, 0.2) is 91.0 Å². The predicted molar refractivity (Wildman–Crippen MR) is 99.8 cm³/mol. The summed E-state index contributed by atoms with van der Waals surface area (Å²) < 4.78 is 0. The summed E-state index contributed by atoms with van der Waals surface area (Å²) in [6.07, 6.45) is 0. The molecule has 0 amide bonds. The van der Waals surface area contributed by atoms with Crippen molar-refractivity contribution in [1.82, 2.24) is 0 Å². The van der Waals surface area contributed by atoms with Gasteiger partial charge >= 0.3 is 0 Å². The van der Waals surface area contributed by atoms with Gasteiger partial charge in [-0.15, -0.1) is 0 Å². The summed E-state index contributed by atoms with van der Waals surface area (Å²) in [7, 11) is 0. The number of fused-ring (bicyclic) bond motifs is 1. The van der Waals surface area contributed by atoms with Crippen LogP contribution in [0.3, 0.4) is 0 Å². The van der Waals surface area contributed by atoms with Crippen molar-refractivity contribution >= 4 is 22.4 Å². The lowest BCUT2D eigenvalue weighted by molar-refractivity contribution is 1.61. The largest absolute Gasteiger partial charge is 0.0830 e. The molecule has 0 fully saturated rings. The van der Waals surface area contributed by atoms with E-state index in [1.54, 1.807) is 0 Å². The molecule has 4 rings (SSSR count). The van der Waals surface area contributed by atoms with Gasteiger partial charge < -0.3 is 0 Å². The molecule has 0 nitrogen and oxygen atoms in total. The fourth-order valence-electron chi connectivity index (χ4n) is 3.04. The SMILES string of the molecule is Clc1c(-c2ccccc2)cc2ccccc2c1-c1ccccc1. The molecule has 0 heterocycles. The molecular weight excluding hydrogens is 300 g/mol. The lowest BCUT2D eigenvalue weighted by Crippen LogP contribution is -1.88. The number of rotatable bonds is 2. The highest BCUT2D eigenvalue weighted by Gasteiger charge is 2.14. The molecule has 1 heteroatoms. The van der Waals surface area contributed by atoms with Gasteiger partial charge in [-0.1, -0.05) is 96.5 Å². The molecule has 0 radical (unpaired) electrons. The van der Waals surface area contributed by atoms with E-state index in [0.717, 1.165) is 27.3 Å².